The largest absolute Gasteiger partial charge is 0.490 e. The van der Waals surface area contributed by atoms with Crippen LogP contribution in [0.1, 0.15) is 12.8 Å². The maximum atomic E-state index is 6.05. The van der Waals surface area contributed by atoms with E-state index >= 15 is 0 Å². The van der Waals surface area contributed by atoms with Crippen LogP contribution in [0.4, 0.5) is 0 Å². The predicted octanol–water partition coefficient (Wildman–Crippen LogP) is 3.89. The molecule has 1 heterocycles. The molecule has 0 aliphatic carbocycles. The second kappa shape index (κ2) is 5.58. The average Bonchev–Trinajstić information content (AvgIpc) is 2.74. The van der Waals surface area contributed by atoms with Gasteiger partial charge in [0.05, 0.1) is 10.0 Å². The van der Waals surface area contributed by atoms with E-state index in [0.29, 0.717) is 28.4 Å². The van der Waals surface area contributed by atoms with Crippen LogP contribution in [-0.4, -0.2) is 19.2 Å². The van der Waals surface area contributed by atoms with Crippen LogP contribution in [0.2, 0.25) is 10.0 Å². The van der Waals surface area contributed by atoms with Gasteiger partial charge in [0, 0.05) is 16.6 Å². The Morgan fingerprint density at radius 1 is 1.38 bits per heavy atom. The Bertz CT molecular complexity index is 380. The maximum Gasteiger partial charge on any atom is 0.139 e. The van der Waals surface area contributed by atoms with Gasteiger partial charge in [0.15, 0.2) is 0 Å². The van der Waals surface area contributed by atoms with Crippen molar-refractivity contribution < 1.29 is 4.74 Å². The van der Waals surface area contributed by atoms with E-state index in [1.165, 1.54) is 6.42 Å². The topological polar surface area (TPSA) is 21.3 Å². The summed E-state index contributed by atoms with van der Waals surface area (Å²) in [6, 6.07) is 3.92. The summed E-state index contributed by atoms with van der Waals surface area (Å²) in [6.45, 7) is 1.71. The van der Waals surface area contributed by atoms with Crippen LogP contribution < -0.4 is 10.1 Å². The molecule has 1 atom stereocenters. The van der Waals surface area contributed by atoms with E-state index in [0.717, 1.165) is 17.4 Å². The van der Waals surface area contributed by atoms with Crippen molar-refractivity contribution in [1.82, 2.24) is 5.32 Å². The van der Waals surface area contributed by atoms with Gasteiger partial charge >= 0.3 is 0 Å². The number of hydrogen-bond donors (Lipinski definition) is 1. The van der Waals surface area contributed by atoms with Gasteiger partial charge in [0.25, 0.3) is 0 Å². The Morgan fingerprint density at radius 3 is 2.88 bits per heavy atom. The fraction of sp³-hybridized carbons (Fsp3) is 0.455. The molecule has 1 fully saturated rings. The van der Waals surface area contributed by atoms with Crippen LogP contribution in [0.25, 0.3) is 0 Å². The van der Waals surface area contributed by atoms with Crippen LogP contribution in [0.3, 0.4) is 0 Å². The first kappa shape index (κ1) is 12.5. The van der Waals surface area contributed by atoms with Gasteiger partial charge in [-0.3, -0.25) is 0 Å². The first-order valence-corrected chi connectivity index (χ1v) is 6.72. The molecule has 0 unspecified atom stereocenters. The lowest BCUT2D eigenvalue weighted by molar-refractivity contribution is 0.277. The third kappa shape index (κ3) is 3.04. The van der Waals surface area contributed by atoms with Gasteiger partial charge < -0.3 is 10.1 Å². The van der Waals surface area contributed by atoms with E-state index in [1.54, 1.807) is 12.1 Å². The highest BCUT2D eigenvalue weighted by Crippen LogP contribution is 2.34. The quantitative estimate of drug-likeness (QED) is 0.852. The molecule has 0 bridgehead atoms. The first-order chi connectivity index (χ1) is 7.66. The molecule has 1 N–H and O–H groups in total. The summed E-state index contributed by atoms with van der Waals surface area (Å²) in [5.74, 6) is 0.642. The normalized spacial score (nSPS) is 20.1. The highest BCUT2D eigenvalue weighted by atomic mass is 79.9. The number of nitrogens with one attached hydrogen (secondary N) is 1. The van der Waals surface area contributed by atoms with Crippen molar-refractivity contribution >= 4 is 39.1 Å². The van der Waals surface area contributed by atoms with Crippen molar-refractivity contribution in [1.29, 1.82) is 0 Å². The summed E-state index contributed by atoms with van der Waals surface area (Å²) in [4.78, 5) is 0. The molecule has 5 heteroatoms. The Morgan fingerprint density at radius 2 is 2.19 bits per heavy atom. The van der Waals surface area contributed by atoms with Crippen molar-refractivity contribution in [3.05, 3.63) is 26.7 Å². The monoisotopic (exact) mass is 323 g/mol. The third-order valence-corrected chi connectivity index (χ3v) is 4.07. The van der Waals surface area contributed by atoms with Gasteiger partial charge in [-0.2, -0.15) is 0 Å². The molecule has 1 aromatic rings. The van der Waals surface area contributed by atoms with Crippen molar-refractivity contribution in [3.63, 3.8) is 0 Å². The van der Waals surface area contributed by atoms with E-state index < -0.39 is 0 Å². The lowest BCUT2D eigenvalue weighted by Gasteiger charge is -2.13. The molecule has 16 heavy (non-hydrogen) atoms. The molecule has 0 saturated carbocycles. The van der Waals surface area contributed by atoms with Crippen LogP contribution in [0, 0.1) is 0 Å². The summed E-state index contributed by atoms with van der Waals surface area (Å²) in [7, 11) is 0. The fourth-order valence-corrected chi connectivity index (χ4v) is 2.55. The molecule has 0 radical (unpaired) electrons. The molecule has 88 valence electrons. The molecule has 1 aliphatic heterocycles. The lowest BCUT2D eigenvalue weighted by Crippen LogP contribution is -2.28. The van der Waals surface area contributed by atoms with Crippen LogP contribution in [0.15, 0.2) is 16.6 Å². The smallest absolute Gasteiger partial charge is 0.139 e. The first-order valence-electron chi connectivity index (χ1n) is 5.17. The summed E-state index contributed by atoms with van der Waals surface area (Å²) >= 11 is 15.3. The van der Waals surface area contributed by atoms with E-state index in [4.69, 9.17) is 27.9 Å². The van der Waals surface area contributed by atoms with Crippen molar-refractivity contribution in [3.8, 4) is 5.75 Å². The zero-order valence-corrected chi connectivity index (χ0v) is 11.7. The van der Waals surface area contributed by atoms with E-state index in [9.17, 15) is 0 Å². The average molecular weight is 325 g/mol. The Kier molecular flexibility index (Phi) is 4.36. The Hall–Kier alpha value is 0.0400. The van der Waals surface area contributed by atoms with Crippen LogP contribution in [0.5, 0.6) is 5.75 Å². The minimum absolute atomic E-state index is 0.429. The van der Waals surface area contributed by atoms with Gasteiger partial charge in [-0.25, -0.2) is 0 Å². The van der Waals surface area contributed by atoms with Gasteiger partial charge in [0.1, 0.15) is 12.4 Å². The second-order valence-corrected chi connectivity index (χ2v) is 5.47. The Labute approximate surface area is 113 Å². The summed E-state index contributed by atoms with van der Waals surface area (Å²) in [5.41, 5.74) is 0. The minimum Gasteiger partial charge on any atom is -0.490 e. The van der Waals surface area contributed by atoms with Gasteiger partial charge in [-0.1, -0.05) is 23.2 Å². The zero-order valence-electron chi connectivity index (χ0n) is 8.60. The van der Waals surface area contributed by atoms with E-state index in [1.807, 2.05) is 0 Å². The van der Waals surface area contributed by atoms with Crippen LogP contribution >= 0.6 is 39.1 Å². The molecule has 0 spiro atoms. The SMILES string of the molecule is Clc1cc(OC[C@@H]2CCCN2)c(Cl)cc1Br. The second-order valence-electron chi connectivity index (χ2n) is 3.80. The molecule has 2 nitrogen and oxygen atoms in total. The predicted molar refractivity (Wildman–Crippen MR) is 70.7 cm³/mol. The summed E-state index contributed by atoms with van der Waals surface area (Å²) in [6.07, 6.45) is 2.37. The number of rotatable bonds is 3. The number of hydrogen-bond acceptors (Lipinski definition) is 2. The molecule has 2 rings (SSSR count). The highest BCUT2D eigenvalue weighted by molar-refractivity contribution is 9.10. The van der Waals surface area contributed by atoms with Gasteiger partial charge in [0.2, 0.25) is 0 Å². The van der Waals surface area contributed by atoms with E-state index in [-0.39, 0.29) is 0 Å². The van der Waals surface area contributed by atoms with E-state index in [2.05, 4.69) is 21.2 Å². The molecular weight excluding hydrogens is 313 g/mol. The molecule has 1 aliphatic rings. The molecule has 0 amide bonds. The lowest BCUT2D eigenvalue weighted by atomic mass is 10.2. The fourth-order valence-electron chi connectivity index (χ4n) is 1.70. The standard InChI is InChI=1S/C11H12BrCl2NO/c12-8-4-10(14)11(5-9(8)13)16-6-7-2-1-3-15-7/h4-5,7,15H,1-3,6H2/t7-/m0/s1. The minimum atomic E-state index is 0.429. The third-order valence-electron chi connectivity index (χ3n) is 2.58. The van der Waals surface area contributed by atoms with Crippen molar-refractivity contribution in [2.75, 3.05) is 13.2 Å². The number of benzene rings is 1. The Balaban J connectivity index is 2.00. The number of halogens is 3. The van der Waals surface area contributed by atoms with Gasteiger partial charge in [-0.05, 0) is 41.4 Å². The summed E-state index contributed by atoms with van der Waals surface area (Å²) in [5, 5.41) is 4.55. The van der Waals surface area contributed by atoms with Gasteiger partial charge in [-0.15, -0.1) is 0 Å². The molecular formula is C11H12BrCl2NO. The highest BCUT2D eigenvalue weighted by Gasteiger charge is 2.15. The number of ether oxygens (including phenoxy) is 1. The summed E-state index contributed by atoms with van der Waals surface area (Å²) < 4.78 is 6.44. The zero-order chi connectivity index (χ0) is 11.5. The molecule has 1 saturated heterocycles. The van der Waals surface area contributed by atoms with Crippen molar-refractivity contribution in [2.45, 2.75) is 18.9 Å². The van der Waals surface area contributed by atoms with Crippen LogP contribution in [-0.2, 0) is 0 Å². The molecule has 1 aromatic carbocycles. The molecule has 0 aromatic heterocycles. The maximum absolute atomic E-state index is 6.05. The van der Waals surface area contributed by atoms with Crippen molar-refractivity contribution in [2.24, 2.45) is 0 Å².